The van der Waals surface area contributed by atoms with E-state index >= 15 is 0 Å². The number of carbonyl (C=O) groups excluding carboxylic acids is 3. The smallest absolute Gasteiger partial charge is 0.262 e. The fourth-order valence-electron chi connectivity index (χ4n) is 6.97. The van der Waals surface area contributed by atoms with Crippen LogP contribution in [0.3, 0.4) is 0 Å². The van der Waals surface area contributed by atoms with Crippen LogP contribution in [-0.2, 0) is 14.4 Å². The maximum Gasteiger partial charge on any atom is 0.262 e. The van der Waals surface area contributed by atoms with Crippen molar-refractivity contribution in [2.45, 2.75) is 86.5 Å². The summed E-state index contributed by atoms with van der Waals surface area (Å²) in [5.74, 6) is -0.595. The molecule has 0 atom stereocenters. The third-order valence-corrected chi connectivity index (χ3v) is 9.61. The minimum absolute atomic E-state index is 0.0576. The second kappa shape index (κ2) is 12.0. The lowest BCUT2D eigenvalue weighted by Gasteiger charge is -2.49. The number of nitrogens with zero attached hydrogens (tertiary/aromatic N) is 1. The van der Waals surface area contributed by atoms with Crippen molar-refractivity contribution in [1.82, 2.24) is 4.90 Å². The first-order valence-electron chi connectivity index (χ1n) is 15.4. The Balaban J connectivity index is 1.53. The molecule has 0 aromatic heterocycles. The summed E-state index contributed by atoms with van der Waals surface area (Å²) in [6.07, 6.45) is 3.19. The van der Waals surface area contributed by atoms with Gasteiger partial charge in [-0.15, -0.1) is 0 Å². The molecule has 0 unspecified atom stereocenters. The molecule has 0 fully saturated rings. The van der Waals surface area contributed by atoms with Gasteiger partial charge in [0.1, 0.15) is 0 Å². The van der Waals surface area contributed by atoms with Gasteiger partial charge in [0.25, 0.3) is 5.91 Å². The zero-order valence-electron chi connectivity index (χ0n) is 26.7. The standard InChI is InChI=1S/C36H42Cl2N2O4/c1-8-12-40-26-15-35(4,5)17-28(41)32(26)31(33-27(40)16-36(6,7)18-29(33)42)22-13-23(37)34(24(38)14-22)44-19-30(43)39-25-11-9-10-20(2)21(25)3/h9-11,13-14,31H,8,12,15-19H2,1-7H3,(H,39,43). The van der Waals surface area contributed by atoms with Gasteiger partial charge in [0.2, 0.25) is 0 Å². The highest BCUT2D eigenvalue weighted by Crippen LogP contribution is 2.55. The maximum absolute atomic E-state index is 13.9. The lowest BCUT2D eigenvalue weighted by Crippen LogP contribution is -2.44. The molecule has 8 heteroatoms. The molecule has 3 aliphatic rings. The van der Waals surface area contributed by atoms with E-state index in [1.807, 2.05) is 32.0 Å². The minimum Gasteiger partial charge on any atom is -0.481 e. The minimum atomic E-state index is -0.558. The van der Waals surface area contributed by atoms with Gasteiger partial charge >= 0.3 is 0 Å². The molecule has 1 amide bonds. The second-order valence-electron chi connectivity index (χ2n) is 14.1. The molecule has 0 radical (unpaired) electrons. The molecule has 5 rings (SSSR count). The summed E-state index contributed by atoms with van der Waals surface area (Å²) in [5.41, 5.74) is 6.45. The molecular weight excluding hydrogens is 595 g/mol. The number of anilines is 1. The molecule has 0 spiro atoms. The normalized spacial score (nSPS) is 19.6. The van der Waals surface area contributed by atoms with Crippen molar-refractivity contribution in [3.05, 3.63) is 79.6 Å². The van der Waals surface area contributed by atoms with E-state index in [2.05, 4.69) is 44.8 Å². The van der Waals surface area contributed by atoms with Crippen molar-refractivity contribution in [1.29, 1.82) is 0 Å². The number of rotatable bonds is 7. The van der Waals surface area contributed by atoms with Gasteiger partial charge in [0.15, 0.2) is 23.9 Å². The van der Waals surface area contributed by atoms with Gasteiger partial charge in [0.05, 0.1) is 10.0 Å². The Kier molecular flexibility index (Phi) is 8.82. The van der Waals surface area contributed by atoms with Gasteiger partial charge in [-0.25, -0.2) is 0 Å². The lowest BCUT2D eigenvalue weighted by molar-refractivity contribution is -0.120. The maximum atomic E-state index is 13.9. The number of halogens is 2. The Bertz CT molecular complexity index is 1540. The quantitative estimate of drug-likeness (QED) is 0.329. The van der Waals surface area contributed by atoms with Crippen LogP contribution in [0.5, 0.6) is 5.75 Å². The van der Waals surface area contributed by atoms with Crippen LogP contribution < -0.4 is 10.1 Å². The topological polar surface area (TPSA) is 75.7 Å². The van der Waals surface area contributed by atoms with Crippen LogP contribution >= 0.6 is 23.2 Å². The highest BCUT2D eigenvalue weighted by molar-refractivity contribution is 6.37. The molecule has 1 heterocycles. The van der Waals surface area contributed by atoms with Crippen molar-refractivity contribution in [3.8, 4) is 5.75 Å². The number of Topliss-reactive ketones (excluding diaryl/α,β-unsaturated/α-hetero) is 2. The number of hydrogen-bond donors (Lipinski definition) is 1. The SMILES string of the molecule is CCCN1C2=C(C(=O)CC(C)(C)C2)C(c2cc(Cl)c(OCC(=O)Nc3cccc(C)c3C)c(Cl)c2)C2=C1CC(C)(C)CC2=O. The van der Waals surface area contributed by atoms with Crippen LogP contribution in [0.1, 0.15) is 89.3 Å². The Labute approximate surface area is 270 Å². The van der Waals surface area contributed by atoms with Gasteiger partial charge in [0, 0.05) is 53.5 Å². The number of amides is 1. The van der Waals surface area contributed by atoms with Gasteiger partial charge in [-0.2, -0.15) is 0 Å². The van der Waals surface area contributed by atoms with Crippen LogP contribution in [-0.4, -0.2) is 35.5 Å². The summed E-state index contributed by atoms with van der Waals surface area (Å²) < 4.78 is 5.83. The molecule has 0 saturated carbocycles. The first kappa shape index (κ1) is 32.3. The van der Waals surface area contributed by atoms with Crippen LogP contribution in [0.25, 0.3) is 0 Å². The van der Waals surface area contributed by atoms with Crippen molar-refractivity contribution in [2.75, 3.05) is 18.5 Å². The summed E-state index contributed by atoms with van der Waals surface area (Å²) in [7, 11) is 0. The first-order chi connectivity index (χ1) is 20.6. The summed E-state index contributed by atoms with van der Waals surface area (Å²) in [5, 5.41) is 3.32. The summed E-state index contributed by atoms with van der Waals surface area (Å²) in [6.45, 7) is 15.0. The number of nitrogens with one attached hydrogen (secondary N) is 1. The summed E-state index contributed by atoms with van der Waals surface area (Å²) >= 11 is 13.6. The molecule has 6 nitrogen and oxygen atoms in total. The molecular formula is C36H42Cl2N2O4. The third-order valence-electron chi connectivity index (χ3n) is 9.05. The Morgan fingerprint density at radius 3 is 2.00 bits per heavy atom. The molecule has 2 aliphatic carbocycles. The van der Waals surface area contributed by atoms with E-state index in [9.17, 15) is 14.4 Å². The van der Waals surface area contributed by atoms with E-state index in [0.29, 0.717) is 29.6 Å². The fourth-order valence-corrected chi connectivity index (χ4v) is 7.58. The van der Waals surface area contributed by atoms with Crippen LogP contribution in [0.15, 0.2) is 52.9 Å². The van der Waals surface area contributed by atoms with E-state index in [-0.39, 0.29) is 50.7 Å². The summed E-state index contributed by atoms with van der Waals surface area (Å²) in [6, 6.07) is 9.18. The molecule has 234 valence electrons. The average Bonchev–Trinajstić information content (AvgIpc) is 2.90. The summed E-state index contributed by atoms with van der Waals surface area (Å²) in [4.78, 5) is 42.9. The fraction of sp³-hybridized carbons (Fsp3) is 0.472. The molecule has 2 aromatic carbocycles. The van der Waals surface area contributed by atoms with Crippen molar-refractivity contribution >= 4 is 46.4 Å². The number of allylic oxidation sites excluding steroid dienone is 4. The van der Waals surface area contributed by atoms with Gasteiger partial charge < -0.3 is 15.0 Å². The molecule has 0 saturated heterocycles. The molecule has 2 aromatic rings. The lowest BCUT2D eigenvalue weighted by atomic mass is 9.63. The zero-order valence-corrected chi connectivity index (χ0v) is 28.3. The van der Waals surface area contributed by atoms with Gasteiger partial charge in [-0.1, -0.05) is 70.0 Å². The molecule has 1 N–H and O–H groups in total. The van der Waals surface area contributed by atoms with E-state index in [4.69, 9.17) is 27.9 Å². The number of ketones is 2. The van der Waals surface area contributed by atoms with E-state index in [1.165, 1.54) is 0 Å². The number of carbonyl (C=O) groups is 3. The van der Waals surface area contributed by atoms with E-state index in [0.717, 1.165) is 54.0 Å². The van der Waals surface area contributed by atoms with Crippen LogP contribution in [0.2, 0.25) is 10.0 Å². The van der Waals surface area contributed by atoms with Crippen molar-refractivity contribution in [3.63, 3.8) is 0 Å². The number of ether oxygens (including phenoxy) is 1. The second-order valence-corrected chi connectivity index (χ2v) is 14.9. The van der Waals surface area contributed by atoms with Crippen molar-refractivity contribution in [2.24, 2.45) is 10.8 Å². The van der Waals surface area contributed by atoms with E-state index in [1.54, 1.807) is 12.1 Å². The third kappa shape index (κ3) is 6.21. The van der Waals surface area contributed by atoms with E-state index < -0.39 is 5.92 Å². The Hall–Kier alpha value is -3.09. The number of hydrogen-bond acceptors (Lipinski definition) is 5. The van der Waals surface area contributed by atoms with Crippen molar-refractivity contribution < 1.29 is 19.1 Å². The predicted molar refractivity (Wildman–Crippen MR) is 176 cm³/mol. The van der Waals surface area contributed by atoms with Crippen LogP contribution in [0.4, 0.5) is 5.69 Å². The van der Waals surface area contributed by atoms with Gasteiger partial charge in [-0.05, 0) is 78.8 Å². The highest BCUT2D eigenvalue weighted by atomic mass is 35.5. The number of aryl methyl sites for hydroxylation is 1. The molecule has 44 heavy (non-hydrogen) atoms. The zero-order chi connectivity index (χ0) is 32.1. The largest absolute Gasteiger partial charge is 0.481 e. The Morgan fingerprint density at radius 1 is 0.932 bits per heavy atom. The average molecular weight is 638 g/mol. The highest BCUT2D eigenvalue weighted by Gasteiger charge is 2.49. The first-order valence-corrected chi connectivity index (χ1v) is 16.2. The molecule has 1 aliphatic heterocycles. The molecule has 0 bridgehead atoms. The monoisotopic (exact) mass is 636 g/mol. The predicted octanol–water partition coefficient (Wildman–Crippen LogP) is 8.72. The number of benzene rings is 2. The van der Waals surface area contributed by atoms with Gasteiger partial charge in [-0.3, -0.25) is 14.4 Å². The van der Waals surface area contributed by atoms with Crippen LogP contribution in [0, 0.1) is 24.7 Å². The Morgan fingerprint density at radius 2 is 1.48 bits per heavy atom.